The van der Waals surface area contributed by atoms with E-state index < -0.39 is 17.6 Å². The summed E-state index contributed by atoms with van der Waals surface area (Å²) >= 11 is 12.6. The van der Waals surface area contributed by atoms with E-state index in [0.717, 1.165) is 6.07 Å². The number of nitrogens with one attached hydrogen (secondary N) is 2. The molecule has 0 bridgehead atoms. The third kappa shape index (κ3) is 4.81. The van der Waals surface area contributed by atoms with Gasteiger partial charge in [0.05, 0.1) is 21.8 Å². The Labute approximate surface area is 159 Å². The van der Waals surface area contributed by atoms with Crippen LogP contribution < -0.4 is 10.6 Å². The molecule has 2 rings (SSSR count). The SMILES string of the molecule is O=C(NC(=S)Nc1ccc(I)cc1C(F)(F)F)c1ccccc1Cl. The highest BCUT2D eigenvalue weighted by molar-refractivity contribution is 14.1. The number of alkyl halides is 3. The highest BCUT2D eigenvalue weighted by atomic mass is 127. The van der Waals surface area contributed by atoms with Crippen LogP contribution in [-0.4, -0.2) is 11.0 Å². The molecule has 2 N–H and O–H groups in total. The minimum Gasteiger partial charge on any atom is -0.332 e. The second-order valence-electron chi connectivity index (χ2n) is 4.58. The molecule has 0 aliphatic heterocycles. The number of anilines is 1. The number of rotatable bonds is 2. The van der Waals surface area contributed by atoms with Crippen LogP contribution in [0.25, 0.3) is 0 Å². The van der Waals surface area contributed by atoms with Crippen molar-refractivity contribution in [2.45, 2.75) is 6.18 Å². The topological polar surface area (TPSA) is 41.1 Å². The molecular weight excluding hydrogens is 476 g/mol. The molecule has 0 aromatic heterocycles. The first-order valence-corrected chi connectivity index (χ1v) is 8.28. The molecule has 0 heterocycles. The van der Waals surface area contributed by atoms with E-state index >= 15 is 0 Å². The van der Waals surface area contributed by atoms with Crippen LogP contribution in [0.3, 0.4) is 0 Å². The molecule has 0 atom stereocenters. The van der Waals surface area contributed by atoms with Gasteiger partial charge >= 0.3 is 6.18 Å². The van der Waals surface area contributed by atoms with Gasteiger partial charge in [0, 0.05) is 3.57 Å². The molecule has 0 fully saturated rings. The fourth-order valence-electron chi connectivity index (χ4n) is 1.83. The molecule has 2 aromatic carbocycles. The van der Waals surface area contributed by atoms with E-state index in [4.69, 9.17) is 23.8 Å². The molecule has 0 unspecified atom stereocenters. The predicted molar refractivity (Wildman–Crippen MR) is 99.3 cm³/mol. The highest BCUT2D eigenvalue weighted by Gasteiger charge is 2.34. The maximum Gasteiger partial charge on any atom is 0.418 e. The summed E-state index contributed by atoms with van der Waals surface area (Å²) in [5.41, 5.74) is -0.946. The van der Waals surface area contributed by atoms with Crippen molar-refractivity contribution < 1.29 is 18.0 Å². The van der Waals surface area contributed by atoms with E-state index in [-0.39, 0.29) is 21.4 Å². The number of thiocarbonyl (C=S) groups is 1. The van der Waals surface area contributed by atoms with Crippen molar-refractivity contribution in [3.05, 3.63) is 62.2 Å². The van der Waals surface area contributed by atoms with Crippen LogP contribution >= 0.6 is 46.4 Å². The minimum atomic E-state index is -4.55. The number of benzene rings is 2. The fraction of sp³-hybridized carbons (Fsp3) is 0.0667. The lowest BCUT2D eigenvalue weighted by Gasteiger charge is -2.16. The molecule has 0 aliphatic rings. The van der Waals surface area contributed by atoms with Gasteiger partial charge in [0.15, 0.2) is 5.11 Å². The molecule has 126 valence electrons. The molecule has 3 nitrogen and oxygen atoms in total. The summed E-state index contributed by atoms with van der Waals surface area (Å²) in [5.74, 6) is -0.614. The molecule has 9 heteroatoms. The standard InChI is InChI=1S/C15H9ClF3IN2OS/c16-11-4-2-1-3-9(11)13(23)22-14(24)21-12-6-5-8(20)7-10(12)15(17,18)19/h1-7H,(H2,21,22,23,24). The van der Waals surface area contributed by atoms with Crippen LogP contribution in [0, 0.1) is 3.57 Å². The van der Waals surface area contributed by atoms with Gasteiger partial charge in [0.25, 0.3) is 5.91 Å². The van der Waals surface area contributed by atoms with Gasteiger partial charge in [0.1, 0.15) is 0 Å². The Morgan fingerprint density at radius 1 is 1.17 bits per heavy atom. The van der Waals surface area contributed by atoms with Crippen LogP contribution in [0.15, 0.2) is 42.5 Å². The highest BCUT2D eigenvalue weighted by Crippen LogP contribution is 2.35. The van der Waals surface area contributed by atoms with Gasteiger partial charge in [-0.3, -0.25) is 10.1 Å². The molecule has 1 amide bonds. The summed E-state index contributed by atoms with van der Waals surface area (Å²) in [7, 11) is 0. The van der Waals surface area contributed by atoms with Crippen molar-refractivity contribution in [1.82, 2.24) is 5.32 Å². The second-order valence-corrected chi connectivity index (χ2v) is 6.64. The Kier molecular flexibility index (Phi) is 6.05. The molecular formula is C15H9ClF3IN2OS. The lowest BCUT2D eigenvalue weighted by Crippen LogP contribution is -2.34. The summed E-state index contributed by atoms with van der Waals surface area (Å²) < 4.78 is 39.6. The first kappa shape index (κ1) is 18.9. The summed E-state index contributed by atoms with van der Waals surface area (Å²) in [6.45, 7) is 0. The third-order valence-corrected chi connectivity index (χ3v) is 4.09. The van der Waals surface area contributed by atoms with Crippen molar-refractivity contribution in [1.29, 1.82) is 0 Å². The van der Waals surface area contributed by atoms with Gasteiger partial charge in [-0.25, -0.2) is 0 Å². The molecule has 0 radical (unpaired) electrons. The average molecular weight is 485 g/mol. The van der Waals surface area contributed by atoms with Crippen LogP contribution in [0.1, 0.15) is 15.9 Å². The number of hydrogen-bond acceptors (Lipinski definition) is 2. The summed E-state index contributed by atoms with van der Waals surface area (Å²) in [4.78, 5) is 12.1. The van der Waals surface area contributed by atoms with Crippen LogP contribution in [-0.2, 0) is 6.18 Å². The van der Waals surface area contributed by atoms with E-state index in [1.165, 1.54) is 24.3 Å². The number of hydrogen-bond donors (Lipinski definition) is 2. The van der Waals surface area contributed by atoms with E-state index in [9.17, 15) is 18.0 Å². The molecule has 2 aromatic rings. The van der Waals surface area contributed by atoms with Crippen molar-refractivity contribution in [3.63, 3.8) is 0 Å². The normalized spacial score (nSPS) is 11.0. The van der Waals surface area contributed by atoms with Gasteiger partial charge in [-0.15, -0.1) is 0 Å². The van der Waals surface area contributed by atoms with Crippen LogP contribution in [0.5, 0.6) is 0 Å². The van der Waals surface area contributed by atoms with Crippen LogP contribution in [0.4, 0.5) is 18.9 Å². The van der Waals surface area contributed by atoms with Gasteiger partial charge in [-0.1, -0.05) is 23.7 Å². The Morgan fingerprint density at radius 2 is 1.83 bits per heavy atom. The zero-order chi connectivity index (χ0) is 17.9. The zero-order valence-corrected chi connectivity index (χ0v) is 15.5. The van der Waals surface area contributed by atoms with Gasteiger partial charge < -0.3 is 5.32 Å². The van der Waals surface area contributed by atoms with E-state index in [2.05, 4.69) is 10.6 Å². The Bertz CT molecular complexity index is 799. The number of amides is 1. The van der Waals surface area contributed by atoms with Crippen molar-refractivity contribution in [2.24, 2.45) is 0 Å². The second kappa shape index (κ2) is 7.66. The monoisotopic (exact) mass is 484 g/mol. The van der Waals surface area contributed by atoms with Crippen molar-refractivity contribution >= 4 is 63.1 Å². The fourth-order valence-corrected chi connectivity index (χ4v) is 2.74. The Hall–Kier alpha value is -1.39. The number of carbonyl (C=O) groups excluding carboxylic acids is 1. The van der Waals surface area contributed by atoms with E-state index in [0.29, 0.717) is 3.57 Å². The van der Waals surface area contributed by atoms with E-state index in [1.807, 2.05) is 0 Å². The molecule has 0 saturated heterocycles. The summed E-state index contributed by atoms with van der Waals surface area (Å²) in [5, 5.41) is 4.66. The van der Waals surface area contributed by atoms with Gasteiger partial charge in [-0.05, 0) is 65.1 Å². The summed E-state index contributed by atoms with van der Waals surface area (Å²) in [6, 6.07) is 9.99. The maximum absolute atomic E-state index is 13.1. The molecule has 0 aliphatic carbocycles. The van der Waals surface area contributed by atoms with Crippen molar-refractivity contribution in [2.75, 3.05) is 5.32 Å². The first-order valence-electron chi connectivity index (χ1n) is 6.42. The quantitative estimate of drug-likeness (QED) is 0.461. The van der Waals surface area contributed by atoms with Gasteiger partial charge in [0.2, 0.25) is 0 Å². The molecule has 24 heavy (non-hydrogen) atoms. The van der Waals surface area contributed by atoms with Crippen LogP contribution in [0.2, 0.25) is 5.02 Å². The third-order valence-electron chi connectivity index (χ3n) is 2.88. The number of carbonyl (C=O) groups is 1. The zero-order valence-electron chi connectivity index (χ0n) is 11.7. The largest absolute Gasteiger partial charge is 0.418 e. The lowest BCUT2D eigenvalue weighted by atomic mass is 10.1. The van der Waals surface area contributed by atoms with Crippen molar-refractivity contribution in [3.8, 4) is 0 Å². The van der Waals surface area contributed by atoms with Gasteiger partial charge in [-0.2, -0.15) is 13.2 Å². The minimum absolute atomic E-state index is 0.168. The average Bonchev–Trinajstić information content (AvgIpc) is 2.48. The molecule has 0 saturated carbocycles. The summed E-state index contributed by atoms with van der Waals surface area (Å²) in [6.07, 6.45) is -4.55. The predicted octanol–water partition coefficient (Wildman–Crippen LogP) is 5.09. The maximum atomic E-state index is 13.1. The smallest absolute Gasteiger partial charge is 0.332 e. The first-order chi connectivity index (χ1) is 11.2. The molecule has 0 spiro atoms. The Balaban J connectivity index is 2.16. The lowest BCUT2D eigenvalue weighted by molar-refractivity contribution is -0.136. The van der Waals surface area contributed by atoms with E-state index in [1.54, 1.807) is 34.7 Å². The Morgan fingerprint density at radius 3 is 2.46 bits per heavy atom. The number of halogens is 5.